The molecule has 1 unspecified atom stereocenters. The van der Waals surface area contributed by atoms with Gasteiger partial charge in [-0.05, 0) is 44.6 Å². The normalized spacial score (nSPS) is 23.3. The molecule has 1 aliphatic carbocycles. The van der Waals surface area contributed by atoms with Crippen molar-refractivity contribution < 1.29 is 9.47 Å². The monoisotopic (exact) mass is 275 g/mol. The van der Waals surface area contributed by atoms with E-state index in [0.717, 1.165) is 25.4 Å². The minimum absolute atomic E-state index is 0.401. The zero-order valence-electron chi connectivity index (χ0n) is 12.1. The second-order valence-electron chi connectivity index (χ2n) is 5.90. The second kappa shape index (κ2) is 7.09. The maximum atomic E-state index is 6.16. The van der Waals surface area contributed by atoms with Crippen LogP contribution in [-0.2, 0) is 11.3 Å². The highest BCUT2D eigenvalue weighted by molar-refractivity contribution is 5.33. The van der Waals surface area contributed by atoms with Crippen LogP contribution in [0.3, 0.4) is 0 Å². The van der Waals surface area contributed by atoms with Crippen LogP contribution in [0, 0.1) is 0 Å². The van der Waals surface area contributed by atoms with Crippen molar-refractivity contribution in [2.45, 2.75) is 57.3 Å². The van der Waals surface area contributed by atoms with Crippen LogP contribution in [0.2, 0.25) is 0 Å². The summed E-state index contributed by atoms with van der Waals surface area (Å²) in [5, 5.41) is 3.50. The van der Waals surface area contributed by atoms with Crippen LogP contribution in [0.1, 0.15) is 44.1 Å². The molecule has 1 atom stereocenters. The first-order valence-electron chi connectivity index (χ1n) is 7.99. The molecule has 20 heavy (non-hydrogen) atoms. The fourth-order valence-corrected chi connectivity index (χ4v) is 3.12. The van der Waals surface area contributed by atoms with Crippen LogP contribution < -0.4 is 10.1 Å². The van der Waals surface area contributed by atoms with Gasteiger partial charge in [-0.2, -0.15) is 0 Å². The molecule has 1 heterocycles. The number of rotatable bonds is 6. The molecular weight excluding hydrogens is 250 g/mol. The van der Waals surface area contributed by atoms with Gasteiger partial charge in [-0.3, -0.25) is 0 Å². The summed E-state index contributed by atoms with van der Waals surface area (Å²) in [5.41, 5.74) is 1.26. The number of hydrogen-bond acceptors (Lipinski definition) is 3. The molecule has 3 heteroatoms. The van der Waals surface area contributed by atoms with Gasteiger partial charge in [0.1, 0.15) is 5.75 Å². The van der Waals surface area contributed by atoms with Gasteiger partial charge in [0.25, 0.3) is 0 Å². The number of nitrogens with one attached hydrogen (secondary N) is 1. The summed E-state index contributed by atoms with van der Waals surface area (Å²) in [6, 6.07) is 8.41. The molecule has 0 radical (unpaired) electrons. The number of hydrogen-bond donors (Lipinski definition) is 1. The molecule has 1 aliphatic heterocycles. The Labute approximate surface area is 121 Å². The Kier molecular flexibility index (Phi) is 4.93. The van der Waals surface area contributed by atoms with E-state index in [1.54, 1.807) is 0 Å². The summed E-state index contributed by atoms with van der Waals surface area (Å²) >= 11 is 0. The maximum absolute atomic E-state index is 6.16. The molecule has 0 spiro atoms. The van der Waals surface area contributed by atoms with E-state index in [9.17, 15) is 0 Å². The van der Waals surface area contributed by atoms with Crippen LogP contribution >= 0.6 is 0 Å². The molecule has 1 saturated heterocycles. The SMILES string of the molecule is c1ccc(OC2CCCC2)c(CNCC2CCCO2)c1. The van der Waals surface area contributed by atoms with E-state index < -0.39 is 0 Å². The smallest absolute Gasteiger partial charge is 0.124 e. The van der Waals surface area contributed by atoms with Crippen molar-refractivity contribution >= 4 is 0 Å². The average Bonchev–Trinajstić information content (AvgIpc) is 3.14. The Morgan fingerprint density at radius 3 is 2.75 bits per heavy atom. The van der Waals surface area contributed by atoms with Crippen molar-refractivity contribution in [2.24, 2.45) is 0 Å². The largest absolute Gasteiger partial charge is 0.490 e. The second-order valence-corrected chi connectivity index (χ2v) is 5.90. The molecule has 1 aromatic carbocycles. The van der Waals surface area contributed by atoms with Crippen molar-refractivity contribution in [1.82, 2.24) is 5.32 Å². The molecule has 0 bridgehead atoms. The van der Waals surface area contributed by atoms with E-state index in [-0.39, 0.29) is 0 Å². The summed E-state index contributed by atoms with van der Waals surface area (Å²) in [5.74, 6) is 1.05. The summed E-state index contributed by atoms with van der Waals surface area (Å²) in [7, 11) is 0. The Morgan fingerprint density at radius 1 is 1.10 bits per heavy atom. The average molecular weight is 275 g/mol. The molecule has 0 aromatic heterocycles. The molecule has 3 rings (SSSR count). The van der Waals surface area contributed by atoms with Gasteiger partial charge in [0.2, 0.25) is 0 Å². The molecule has 1 N–H and O–H groups in total. The van der Waals surface area contributed by atoms with Crippen LogP contribution in [0.5, 0.6) is 5.75 Å². The Morgan fingerprint density at radius 2 is 1.95 bits per heavy atom. The van der Waals surface area contributed by atoms with E-state index >= 15 is 0 Å². The van der Waals surface area contributed by atoms with Crippen LogP contribution in [0.15, 0.2) is 24.3 Å². The molecule has 1 aromatic rings. The highest BCUT2D eigenvalue weighted by atomic mass is 16.5. The molecule has 3 nitrogen and oxygen atoms in total. The number of para-hydroxylation sites is 1. The van der Waals surface area contributed by atoms with Crippen LogP contribution in [0.25, 0.3) is 0 Å². The van der Waals surface area contributed by atoms with Gasteiger partial charge in [-0.1, -0.05) is 18.2 Å². The summed E-state index contributed by atoms with van der Waals surface area (Å²) in [6.45, 7) is 2.73. The highest BCUT2D eigenvalue weighted by Crippen LogP contribution is 2.26. The summed E-state index contributed by atoms with van der Waals surface area (Å²) < 4.78 is 11.8. The van der Waals surface area contributed by atoms with Crippen molar-refractivity contribution in [3.05, 3.63) is 29.8 Å². The minimum Gasteiger partial charge on any atom is -0.490 e. The first-order chi connectivity index (χ1) is 9.92. The lowest BCUT2D eigenvalue weighted by Gasteiger charge is -2.17. The fourth-order valence-electron chi connectivity index (χ4n) is 3.12. The predicted octanol–water partition coefficient (Wildman–Crippen LogP) is 3.28. The van der Waals surface area contributed by atoms with Gasteiger partial charge in [-0.25, -0.2) is 0 Å². The topological polar surface area (TPSA) is 30.5 Å². The quantitative estimate of drug-likeness (QED) is 0.864. The van der Waals surface area contributed by atoms with Gasteiger partial charge in [-0.15, -0.1) is 0 Å². The van der Waals surface area contributed by atoms with E-state index in [4.69, 9.17) is 9.47 Å². The van der Waals surface area contributed by atoms with Crippen molar-refractivity contribution in [3.8, 4) is 5.75 Å². The number of ether oxygens (including phenoxy) is 2. The van der Waals surface area contributed by atoms with Crippen molar-refractivity contribution in [1.29, 1.82) is 0 Å². The number of benzene rings is 1. The van der Waals surface area contributed by atoms with Gasteiger partial charge in [0.15, 0.2) is 0 Å². The Bertz CT molecular complexity index is 409. The van der Waals surface area contributed by atoms with E-state index in [2.05, 4.69) is 29.6 Å². The Hall–Kier alpha value is -1.06. The Balaban J connectivity index is 1.51. The van der Waals surface area contributed by atoms with Crippen molar-refractivity contribution in [2.75, 3.05) is 13.2 Å². The van der Waals surface area contributed by atoms with Crippen molar-refractivity contribution in [3.63, 3.8) is 0 Å². The third-order valence-corrected chi connectivity index (χ3v) is 4.28. The molecule has 2 aliphatic rings. The third kappa shape index (κ3) is 3.74. The zero-order valence-corrected chi connectivity index (χ0v) is 12.1. The van der Waals surface area contributed by atoms with Crippen LogP contribution in [0.4, 0.5) is 0 Å². The zero-order chi connectivity index (χ0) is 13.6. The first kappa shape index (κ1) is 13.9. The van der Waals surface area contributed by atoms with Gasteiger partial charge in [0.05, 0.1) is 12.2 Å². The predicted molar refractivity (Wildman–Crippen MR) is 80.0 cm³/mol. The fraction of sp³-hybridized carbons (Fsp3) is 0.647. The summed E-state index contributed by atoms with van der Waals surface area (Å²) in [4.78, 5) is 0. The molecule has 0 amide bonds. The highest BCUT2D eigenvalue weighted by Gasteiger charge is 2.18. The summed E-state index contributed by atoms with van der Waals surface area (Å²) in [6.07, 6.45) is 8.25. The standard InChI is InChI=1S/C17H25NO2/c1-4-10-17(20-15-7-2-3-8-15)14(6-1)12-18-13-16-9-5-11-19-16/h1,4,6,10,15-16,18H,2-3,5,7-9,11-13H2. The molecule has 1 saturated carbocycles. The maximum Gasteiger partial charge on any atom is 0.124 e. The molecule has 2 fully saturated rings. The van der Waals surface area contributed by atoms with Crippen LogP contribution in [-0.4, -0.2) is 25.4 Å². The minimum atomic E-state index is 0.401. The lowest BCUT2D eigenvalue weighted by molar-refractivity contribution is 0.110. The van der Waals surface area contributed by atoms with E-state index in [1.165, 1.54) is 44.1 Å². The van der Waals surface area contributed by atoms with Gasteiger partial charge in [0, 0.05) is 25.3 Å². The lowest BCUT2D eigenvalue weighted by atomic mass is 10.2. The molecular formula is C17H25NO2. The first-order valence-corrected chi connectivity index (χ1v) is 7.99. The third-order valence-electron chi connectivity index (χ3n) is 4.28. The lowest BCUT2D eigenvalue weighted by Crippen LogP contribution is -2.26. The molecule has 110 valence electrons. The van der Waals surface area contributed by atoms with E-state index in [0.29, 0.717) is 12.2 Å². The van der Waals surface area contributed by atoms with Gasteiger partial charge >= 0.3 is 0 Å². The van der Waals surface area contributed by atoms with Gasteiger partial charge < -0.3 is 14.8 Å². The van der Waals surface area contributed by atoms with E-state index in [1.807, 2.05) is 0 Å².